The Morgan fingerprint density at radius 2 is 1.72 bits per heavy atom. The second-order valence-corrected chi connectivity index (χ2v) is 6.59. The molecule has 0 aliphatic carbocycles. The predicted octanol–water partition coefficient (Wildman–Crippen LogP) is 4.99. The van der Waals surface area contributed by atoms with Crippen molar-refractivity contribution < 1.29 is 9.53 Å². The van der Waals surface area contributed by atoms with E-state index in [2.05, 4.69) is 55.6 Å². The van der Waals surface area contributed by atoms with Crippen molar-refractivity contribution in [1.29, 1.82) is 0 Å². The van der Waals surface area contributed by atoms with E-state index in [-0.39, 0.29) is 18.1 Å². The minimum atomic E-state index is 0.0124. The fraction of sp³-hybridized carbons (Fsp3) is 0.409. The number of amides is 1. The molecule has 1 N–H and O–H groups in total. The van der Waals surface area contributed by atoms with Crippen LogP contribution in [0.2, 0.25) is 0 Å². The molecule has 0 saturated carbocycles. The summed E-state index contributed by atoms with van der Waals surface area (Å²) in [7, 11) is 0. The molecule has 0 heterocycles. The Morgan fingerprint density at radius 3 is 2.32 bits per heavy atom. The van der Waals surface area contributed by atoms with Gasteiger partial charge in [0, 0.05) is 13.0 Å². The number of hydrogen-bond acceptors (Lipinski definition) is 2. The van der Waals surface area contributed by atoms with E-state index in [0.29, 0.717) is 0 Å². The molecule has 2 aromatic rings. The predicted molar refractivity (Wildman–Crippen MR) is 104 cm³/mol. The molecule has 0 spiro atoms. The molecule has 1 atom stereocenters. The Balaban J connectivity index is 2.07. The molecule has 25 heavy (non-hydrogen) atoms. The highest BCUT2D eigenvalue weighted by atomic mass is 16.5. The van der Waals surface area contributed by atoms with Gasteiger partial charge in [0.05, 0.1) is 6.10 Å². The average Bonchev–Trinajstić information content (AvgIpc) is 2.60. The number of carbonyl (C=O) groups is 1. The van der Waals surface area contributed by atoms with Crippen LogP contribution in [0.3, 0.4) is 0 Å². The van der Waals surface area contributed by atoms with Crippen LogP contribution >= 0.6 is 0 Å². The zero-order chi connectivity index (χ0) is 18.2. The molecule has 1 amide bonds. The van der Waals surface area contributed by atoms with Gasteiger partial charge >= 0.3 is 0 Å². The highest BCUT2D eigenvalue weighted by molar-refractivity contribution is 5.73. The Hall–Kier alpha value is -2.29. The maximum atomic E-state index is 11.1. The van der Waals surface area contributed by atoms with Crippen LogP contribution in [0.25, 0.3) is 11.1 Å². The van der Waals surface area contributed by atoms with Gasteiger partial charge < -0.3 is 10.1 Å². The SMILES string of the molecule is CCC(CC)Oc1cccc(-c2ccc(CC(C)NC(C)=O)cc2)c1. The van der Waals surface area contributed by atoms with Gasteiger partial charge in [0.15, 0.2) is 0 Å². The lowest BCUT2D eigenvalue weighted by Gasteiger charge is -2.16. The van der Waals surface area contributed by atoms with Gasteiger partial charge in [-0.15, -0.1) is 0 Å². The van der Waals surface area contributed by atoms with E-state index in [1.54, 1.807) is 6.92 Å². The molecule has 134 valence electrons. The van der Waals surface area contributed by atoms with Crippen LogP contribution in [0.1, 0.15) is 46.1 Å². The number of rotatable bonds is 8. The molecular formula is C22H29NO2. The molecule has 0 aromatic heterocycles. The van der Waals surface area contributed by atoms with Gasteiger partial charge in [-0.3, -0.25) is 4.79 Å². The third-order valence-corrected chi connectivity index (χ3v) is 4.33. The van der Waals surface area contributed by atoms with Crippen molar-refractivity contribution >= 4 is 5.91 Å². The van der Waals surface area contributed by atoms with Gasteiger partial charge in [-0.05, 0) is 55.0 Å². The first-order valence-electron chi connectivity index (χ1n) is 9.15. The number of ether oxygens (including phenoxy) is 1. The molecule has 0 aliphatic rings. The lowest BCUT2D eigenvalue weighted by molar-refractivity contribution is -0.119. The molecule has 1 unspecified atom stereocenters. The summed E-state index contributed by atoms with van der Waals surface area (Å²) in [6, 6.07) is 16.9. The summed E-state index contributed by atoms with van der Waals surface area (Å²) in [4.78, 5) is 11.1. The number of carbonyl (C=O) groups excluding carboxylic acids is 1. The fourth-order valence-electron chi connectivity index (χ4n) is 2.98. The first-order chi connectivity index (χ1) is 12.0. The summed E-state index contributed by atoms with van der Waals surface area (Å²) in [5, 5.41) is 2.92. The Morgan fingerprint density at radius 1 is 1.04 bits per heavy atom. The summed E-state index contributed by atoms with van der Waals surface area (Å²) in [5.74, 6) is 0.938. The third-order valence-electron chi connectivity index (χ3n) is 4.33. The van der Waals surface area contributed by atoms with Gasteiger partial charge in [0.25, 0.3) is 0 Å². The maximum absolute atomic E-state index is 11.1. The van der Waals surface area contributed by atoms with E-state index in [1.807, 2.05) is 19.1 Å². The molecule has 3 nitrogen and oxygen atoms in total. The largest absolute Gasteiger partial charge is 0.490 e. The second kappa shape index (κ2) is 9.26. The summed E-state index contributed by atoms with van der Waals surface area (Å²) >= 11 is 0. The zero-order valence-corrected chi connectivity index (χ0v) is 15.7. The van der Waals surface area contributed by atoms with E-state index in [4.69, 9.17) is 4.74 Å². The normalized spacial score (nSPS) is 12.0. The first-order valence-corrected chi connectivity index (χ1v) is 9.15. The topological polar surface area (TPSA) is 38.3 Å². The molecule has 2 aromatic carbocycles. The Labute approximate surface area is 151 Å². The maximum Gasteiger partial charge on any atom is 0.217 e. The van der Waals surface area contributed by atoms with E-state index in [9.17, 15) is 4.79 Å². The third kappa shape index (κ3) is 5.93. The van der Waals surface area contributed by atoms with Crippen molar-refractivity contribution in [1.82, 2.24) is 5.32 Å². The highest BCUT2D eigenvalue weighted by Crippen LogP contribution is 2.25. The molecule has 0 bridgehead atoms. The monoisotopic (exact) mass is 339 g/mol. The lowest BCUT2D eigenvalue weighted by Crippen LogP contribution is -2.31. The molecule has 0 fully saturated rings. The van der Waals surface area contributed by atoms with Crippen LogP contribution in [-0.4, -0.2) is 18.1 Å². The van der Waals surface area contributed by atoms with Crippen LogP contribution in [-0.2, 0) is 11.2 Å². The summed E-state index contributed by atoms with van der Waals surface area (Å²) in [6.07, 6.45) is 3.13. The van der Waals surface area contributed by atoms with Crippen molar-refractivity contribution in [3.05, 3.63) is 54.1 Å². The van der Waals surface area contributed by atoms with Gasteiger partial charge in [-0.2, -0.15) is 0 Å². The molecule has 0 aliphatic heterocycles. The summed E-state index contributed by atoms with van der Waals surface area (Å²) < 4.78 is 6.05. The van der Waals surface area contributed by atoms with Gasteiger partial charge in [0.2, 0.25) is 5.91 Å². The molecule has 3 heteroatoms. The number of nitrogens with one attached hydrogen (secondary N) is 1. The lowest BCUT2D eigenvalue weighted by atomic mass is 10.0. The van der Waals surface area contributed by atoms with E-state index in [0.717, 1.165) is 30.6 Å². The van der Waals surface area contributed by atoms with Crippen LogP contribution in [0.15, 0.2) is 48.5 Å². The van der Waals surface area contributed by atoms with Crippen molar-refractivity contribution in [3.8, 4) is 16.9 Å². The second-order valence-electron chi connectivity index (χ2n) is 6.59. The molecular weight excluding hydrogens is 310 g/mol. The van der Waals surface area contributed by atoms with Crippen molar-refractivity contribution in [2.45, 2.75) is 59.1 Å². The molecule has 0 radical (unpaired) electrons. The fourth-order valence-corrected chi connectivity index (χ4v) is 2.98. The van der Waals surface area contributed by atoms with Crippen LogP contribution < -0.4 is 10.1 Å². The van der Waals surface area contributed by atoms with Gasteiger partial charge in [-0.1, -0.05) is 50.2 Å². The van der Waals surface area contributed by atoms with E-state index < -0.39 is 0 Å². The molecule has 2 rings (SSSR count). The van der Waals surface area contributed by atoms with Crippen molar-refractivity contribution in [2.24, 2.45) is 0 Å². The first kappa shape index (κ1) is 19.0. The van der Waals surface area contributed by atoms with Gasteiger partial charge in [0.1, 0.15) is 5.75 Å². The minimum Gasteiger partial charge on any atom is -0.490 e. The standard InChI is InChI=1S/C22H29NO2/c1-5-21(6-2)25-22-9-7-8-20(15-22)19-12-10-18(11-13-19)14-16(3)23-17(4)24/h7-13,15-16,21H,5-6,14H2,1-4H3,(H,23,24). The molecule has 0 saturated heterocycles. The number of hydrogen-bond donors (Lipinski definition) is 1. The van der Waals surface area contributed by atoms with Crippen LogP contribution in [0.4, 0.5) is 0 Å². The Bertz CT molecular complexity index is 675. The summed E-state index contributed by atoms with van der Waals surface area (Å²) in [6.45, 7) is 7.88. The number of benzene rings is 2. The van der Waals surface area contributed by atoms with Gasteiger partial charge in [-0.25, -0.2) is 0 Å². The average molecular weight is 339 g/mol. The Kier molecular flexibility index (Phi) is 7.05. The van der Waals surface area contributed by atoms with Crippen LogP contribution in [0.5, 0.6) is 5.75 Å². The smallest absolute Gasteiger partial charge is 0.217 e. The minimum absolute atomic E-state index is 0.0124. The quantitative estimate of drug-likeness (QED) is 0.736. The highest BCUT2D eigenvalue weighted by Gasteiger charge is 2.08. The van der Waals surface area contributed by atoms with E-state index in [1.165, 1.54) is 11.1 Å². The van der Waals surface area contributed by atoms with E-state index >= 15 is 0 Å². The van der Waals surface area contributed by atoms with Crippen molar-refractivity contribution in [3.63, 3.8) is 0 Å². The van der Waals surface area contributed by atoms with Crippen molar-refractivity contribution in [2.75, 3.05) is 0 Å². The van der Waals surface area contributed by atoms with Crippen LogP contribution in [0, 0.1) is 0 Å². The summed E-state index contributed by atoms with van der Waals surface area (Å²) in [5.41, 5.74) is 3.55. The zero-order valence-electron chi connectivity index (χ0n) is 15.7.